The van der Waals surface area contributed by atoms with Gasteiger partial charge in [0.15, 0.2) is 0 Å². The summed E-state index contributed by atoms with van der Waals surface area (Å²) in [4.78, 5) is 18.4. The van der Waals surface area contributed by atoms with E-state index >= 15 is 0 Å². The van der Waals surface area contributed by atoms with E-state index in [0.29, 0.717) is 29.7 Å². The highest BCUT2D eigenvalue weighted by atomic mass is 35.5. The van der Waals surface area contributed by atoms with Gasteiger partial charge < -0.3 is 14.4 Å². The summed E-state index contributed by atoms with van der Waals surface area (Å²) in [7, 11) is 0. The van der Waals surface area contributed by atoms with Gasteiger partial charge in [0.25, 0.3) is 0 Å². The number of ether oxygens (including phenoxy) is 2. The van der Waals surface area contributed by atoms with Crippen LogP contribution in [0.1, 0.15) is 45.1 Å². The summed E-state index contributed by atoms with van der Waals surface area (Å²) in [6.07, 6.45) is 3.14. The molecular formula is C21H25ClN2O3. The molecule has 0 unspecified atom stereocenters. The molecule has 1 fully saturated rings. The predicted molar refractivity (Wildman–Crippen MR) is 106 cm³/mol. The Morgan fingerprint density at radius 3 is 2.52 bits per heavy atom. The first-order valence-electron chi connectivity index (χ1n) is 9.19. The molecule has 0 saturated carbocycles. The van der Waals surface area contributed by atoms with Crippen molar-refractivity contribution in [3.63, 3.8) is 0 Å². The summed E-state index contributed by atoms with van der Waals surface area (Å²) in [6.45, 7) is 6.95. The molecule has 2 aromatic rings. The van der Waals surface area contributed by atoms with E-state index in [2.05, 4.69) is 4.98 Å². The van der Waals surface area contributed by atoms with E-state index in [1.54, 1.807) is 17.2 Å². The lowest BCUT2D eigenvalue weighted by molar-refractivity contribution is 0.0204. The van der Waals surface area contributed by atoms with Crippen molar-refractivity contribution in [2.75, 3.05) is 13.1 Å². The normalized spacial score (nSPS) is 15.5. The molecule has 1 aromatic heterocycles. The third kappa shape index (κ3) is 5.13. The monoisotopic (exact) mass is 388 g/mol. The number of carbonyl (C=O) groups is 1. The molecule has 1 amide bonds. The highest BCUT2D eigenvalue weighted by Gasteiger charge is 2.29. The topological polar surface area (TPSA) is 51.7 Å². The first kappa shape index (κ1) is 19.5. The molecule has 144 valence electrons. The van der Waals surface area contributed by atoms with Crippen LogP contribution in [0.5, 0.6) is 11.6 Å². The van der Waals surface area contributed by atoms with Crippen molar-refractivity contribution in [3.05, 3.63) is 53.2 Å². The van der Waals surface area contributed by atoms with E-state index in [4.69, 9.17) is 21.1 Å². The molecule has 1 aliphatic rings. The van der Waals surface area contributed by atoms with Crippen molar-refractivity contribution in [1.82, 2.24) is 9.88 Å². The number of amides is 1. The first-order valence-corrected chi connectivity index (χ1v) is 9.56. The maximum atomic E-state index is 12.3. The average Bonchev–Trinajstić information content (AvgIpc) is 2.63. The van der Waals surface area contributed by atoms with E-state index in [1.807, 2.05) is 51.1 Å². The van der Waals surface area contributed by atoms with E-state index in [9.17, 15) is 4.79 Å². The fourth-order valence-corrected chi connectivity index (χ4v) is 3.30. The lowest BCUT2D eigenvalue weighted by atomic mass is 9.90. The first-order chi connectivity index (χ1) is 12.8. The highest BCUT2D eigenvalue weighted by Crippen LogP contribution is 2.36. The zero-order valence-corrected chi connectivity index (χ0v) is 16.7. The fraction of sp³-hybridized carbons (Fsp3) is 0.429. The number of likely N-dealkylation sites (tertiary alicyclic amines) is 1. The van der Waals surface area contributed by atoms with Gasteiger partial charge in [0, 0.05) is 24.8 Å². The number of halogens is 1. The molecule has 6 heteroatoms. The van der Waals surface area contributed by atoms with E-state index < -0.39 is 5.60 Å². The second-order valence-electron chi connectivity index (χ2n) is 7.67. The van der Waals surface area contributed by atoms with E-state index in [-0.39, 0.29) is 12.0 Å². The number of para-hydroxylation sites is 1. The van der Waals surface area contributed by atoms with E-state index in [0.717, 1.165) is 18.4 Å². The Morgan fingerprint density at radius 2 is 1.85 bits per heavy atom. The Bertz CT molecular complexity index is 796. The van der Waals surface area contributed by atoms with Crippen molar-refractivity contribution >= 4 is 17.7 Å². The van der Waals surface area contributed by atoms with Crippen molar-refractivity contribution in [2.45, 2.75) is 45.1 Å². The van der Waals surface area contributed by atoms with Gasteiger partial charge in [0.05, 0.1) is 5.02 Å². The van der Waals surface area contributed by atoms with Gasteiger partial charge in [-0.3, -0.25) is 0 Å². The zero-order valence-electron chi connectivity index (χ0n) is 15.9. The molecular weight excluding hydrogens is 364 g/mol. The molecule has 0 N–H and O–H groups in total. The summed E-state index contributed by atoms with van der Waals surface area (Å²) in [6, 6.07) is 11.3. The minimum atomic E-state index is -0.479. The average molecular weight is 389 g/mol. The lowest BCUT2D eigenvalue weighted by Crippen LogP contribution is -2.41. The standard InChI is InChI=1S/C21H25ClN2O3/c1-21(2,3)27-20(25)24-13-10-15(11-14-24)16-7-6-12-23-19(16)26-18-9-5-4-8-17(18)22/h4-9,12,15H,10-11,13-14H2,1-3H3. The molecule has 0 aliphatic carbocycles. The number of pyridine rings is 1. The maximum Gasteiger partial charge on any atom is 0.410 e. The molecule has 0 atom stereocenters. The fourth-order valence-electron chi connectivity index (χ4n) is 3.13. The molecule has 0 spiro atoms. The number of rotatable bonds is 3. The SMILES string of the molecule is CC(C)(C)OC(=O)N1CCC(c2cccnc2Oc2ccccc2Cl)CC1. The van der Waals surface area contributed by atoms with Gasteiger partial charge in [0.1, 0.15) is 11.4 Å². The van der Waals surface area contributed by atoms with Gasteiger partial charge >= 0.3 is 6.09 Å². The molecule has 0 bridgehead atoms. The predicted octanol–water partition coefficient (Wildman–Crippen LogP) is 5.64. The number of hydrogen-bond acceptors (Lipinski definition) is 4. The van der Waals surface area contributed by atoms with Gasteiger partial charge in [-0.25, -0.2) is 9.78 Å². The minimum absolute atomic E-state index is 0.250. The van der Waals surface area contributed by atoms with Crippen LogP contribution in [0, 0.1) is 0 Å². The van der Waals surface area contributed by atoms with Crippen molar-refractivity contribution in [2.24, 2.45) is 0 Å². The Balaban J connectivity index is 1.68. The van der Waals surface area contributed by atoms with Gasteiger partial charge in [-0.1, -0.05) is 29.8 Å². The summed E-state index contributed by atoms with van der Waals surface area (Å²) in [5.74, 6) is 1.43. The molecule has 3 rings (SSSR count). The molecule has 1 aliphatic heterocycles. The van der Waals surface area contributed by atoms with E-state index in [1.165, 1.54) is 0 Å². The number of aromatic nitrogens is 1. The maximum absolute atomic E-state index is 12.3. The largest absolute Gasteiger partial charge is 0.444 e. The number of carbonyl (C=O) groups excluding carboxylic acids is 1. The van der Waals surface area contributed by atoms with Crippen molar-refractivity contribution in [3.8, 4) is 11.6 Å². The molecule has 5 nitrogen and oxygen atoms in total. The van der Waals surface area contributed by atoms with Crippen LogP contribution in [0.2, 0.25) is 5.02 Å². The Hall–Kier alpha value is -2.27. The third-order valence-electron chi connectivity index (χ3n) is 4.43. The Kier molecular flexibility index (Phi) is 5.90. The van der Waals surface area contributed by atoms with Crippen LogP contribution in [-0.2, 0) is 4.74 Å². The minimum Gasteiger partial charge on any atom is -0.444 e. The molecule has 2 heterocycles. The smallest absolute Gasteiger partial charge is 0.410 e. The molecule has 0 radical (unpaired) electrons. The number of benzene rings is 1. The van der Waals surface area contributed by atoms with Gasteiger partial charge in [0.2, 0.25) is 5.88 Å². The molecule has 1 aromatic carbocycles. The quantitative estimate of drug-likeness (QED) is 0.682. The van der Waals surface area contributed by atoms with Crippen LogP contribution in [-0.4, -0.2) is 34.7 Å². The number of nitrogens with zero attached hydrogens (tertiary/aromatic N) is 2. The van der Waals surface area contributed by atoms with Gasteiger partial charge in [-0.05, 0) is 57.7 Å². The van der Waals surface area contributed by atoms with Crippen molar-refractivity contribution in [1.29, 1.82) is 0 Å². The van der Waals surface area contributed by atoms with Crippen LogP contribution in [0.25, 0.3) is 0 Å². The Labute approximate surface area is 165 Å². The summed E-state index contributed by atoms with van der Waals surface area (Å²) in [5, 5.41) is 0.550. The van der Waals surface area contributed by atoms with Crippen LogP contribution in [0.3, 0.4) is 0 Å². The highest BCUT2D eigenvalue weighted by molar-refractivity contribution is 6.32. The second kappa shape index (κ2) is 8.17. The van der Waals surface area contributed by atoms with Crippen LogP contribution < -0.4 is 4.74 Å². The summed E-state index contributed by atoms with van der Waals surface area (Å²) >= 11 is 6.21. The van der Waals surface area contributed by atoms with Gasteiger partial charge in [-0.2, -0.15) is 0 Å². The van der Waals surface area contributed by atoms with Crippen LogP contribution in [0.4, 0.5) is 4.79 Å². The summed E-state index contributed by atoms with van der Waals surface area (Å²) < 4.78 is 11.5. The third-order valence-corrected chi connectivity index (χ3v) is 4.74. The second-order valence-corrected chi connectivity index (χ2v) is 8.08. The lowest BCUT2D eigenvalue weighted by Gasteiger charge is -2.33. The summed E-state index contributed by atoms with van der Waals surface area (Å²) in [5.41, 5.74) is 0.564. The number of piperidine rings is 1. The van der Waals surface area contributed by atoms with Crippen LogP contribution in [0.15, 0.2) is 42.6 Å². The molecule has 27 heavy (non-hydrogen) atoms. The Morgan fingerprint density at radius 1 is 1.15 bits per heavy atom. The zero-order chi connectivity index (χ0) is 19.4. The van der Waals surface area contributed by atoms with Crippen LogP contribution >= 0.6 is 11.6 Å². The molecule has 1 saturated heterocycles. The van der Waals surface area contributed by atoms with Gasteiger partial charge in [-0.15, -0.1) is 0 Å². The number of hydrogen-bond donors (Lipinski definition) is 0. The van der Waals surface area contributed by atoms with Crippen molar-refractivity contribution < 1.29 is 14.3 Å².